The van der Waals surface area contributed by atoms with Crippen molar-refractivity contribution in [3.05, 3.63) is 34.3 Å². The zero-order chi connectivity index (χ0) is 13.7. The van der Waals surface area contributed by atoms with Crippen molar-refractivity contribution in [3.63, 3.8) is 0 Å². The summed E-state index contributed by atoms with van der Waals surface area (Å²) in [6.45, 7) is 5.95. The molecule has 0 spiro atoms. The van der Waals surface area contributed by atoms with E-state index in [9.17, 15) is 4.79 Å². The summed E-state index contributed by atoms with van der Waals surface area (Å²) in [6, 6.07) is 7.56. The van der Waals surface area contributed by atoms with Crippen molar-refractivity contribution in [1.82, 2.24) is 5.32 Å². The normalized spacial score (nSPS) is 14.3. The van der Waals surface area contributed by atoms with E-state index in [1.54, 1.807) is 0 Å². The Kier molecular flexibility index (Phi) is 5.82. The van der Waals surface area contributed by atoms with Gasteiger partial charge in [-0.3, -0.25) is 4.79 Å². The number of rotatable bonds is 5. The second-order valence-corrected chi connectivity index (χ2v) is 5.71. The summed E-state index contributed by atoms with van der Waals surface area (Å²) in [5, 5.41) is 3.00. The van der Waals surface area contributed by atoms with Crippen molar-refractivity contribution in [1.29, 1.82) is 0 Å². The molecular formula is C14H21BrN2O. The highest BCUT2D eigenvalue weighted by molar-refractivity contribution is 9.10. The number of benzene rings is 1. The average Bonchev–Trinajstić information content (AvgIpc) is 2.35. The maximum absolute atomic E-state index is 11.9. The Morgan fingerprint density at radius 2 is 1.89 bits per heavy atom. The molecule has 3 nitrogen and oxygen atoms in total. The Bertz CT molecular complexity index is 389. The molecule has 1 aromatic rings. The van der Waals surface area contributed by atoms with Crippen LogP contribution in [0.5, 0.6) is 0 Å². The predicted octanol–water partition coefficient (Wildman–Crippen LogP) is 3.00. The molecular weight excluding hydrogens is 292 g/mol. The Morgan fingerprint density at radius 1 is 1.33 bits per heavy atom. The fourth-order valence-corrected chi connectivity index (χ4v) is 1.95. The summed E-state index contributed by atoms with van der Waals surface area (Å²) in [5.74, 6) is 0.0622. The van der Waals surface area contributed by atoms with E-state index < -0.39 is 6.04 Å². The highest BCUT2D eigenvalue weighted by Crippen LogP contribution is 2.19. The molecule has 1 unspecified atom stereocenters. The van der Waals surface area contributed by atoms with E-state index in [1.807, 2.05) is 45.0 Å². The number of nitrogens with two attached hydrogens (primary N) is 1. The molecule has 1 amide bonds. The zero-order valence-corrected chi connectivity index (χ0v) is 12.7. The third-order valence-electron chi connectivity index (χ3n) is 3.02. The molecule has 0 aliphatic carbocycles. The number of hydrogen-bond acceptors (Lipinski definition) is 2. The van der Waals surface area contributed by atoms with Crippen molar-refractivity contribution in [2.45, 2.75) is 39.3 Å². The van der Waals surface area contributed by atoms with Crippen LogP contribution in [-0.4, -0.2) is 11.9 Å². The van der Waals surface area contributed by atoms with Crippen LogP contribution < -0.4 is 11.1 Å². The standard InChI is InChI=1S/C14H21BrN2O/c1-4-12(10-5-7-11(15)8-6-10)17-14(18)13(16)9(2)3/h5-9,12-13H,4,16H2,1-3H3,(H,17,18)/t12?,13-/m0/s1. The number of nitrogens with one attached hydrogen (secondary N) is 1. The summed E-state index contributed by atoms with van der Waals surface area (Å²) in [4.78, 5) is 11.9. The van der Waals surface area contributed by atoms with E-state index >= 15 is 0 Å². The lowest BCUT2D eigenvalue weighted by molar-refractivity contribution is -0.124. The van der Waals surface area contributed by atoms with Gasteiger partial charge in [0.1, 0.15) is 0 Å². The third kappa shape index (κ3) is 4.10. The Balaban J connectivity index is 2.73. The van der Waals surface area contributed by atoms with Crippen LogP contribution in [0.25, 0.3) is 0 Å². The summed E-state index contributed by atoms with van der Waals surface area (Å²) in [6.07, 6.45) is 0.845. The minimum Gasteiger partial charge on any atom is -0.348 e. The fraction of sp³-hybridized carbons (Fsp3) is 0.500. The molecule has 2 atom stereocenters. The molecule has 18 heavy (non-hydrogen) atoms. The lowest BCUT2D eigenvalue weighted by Gasteiger charge is -2.22. The molecule has 100 valence electrons. The predicted molar refractivity (Wildman–Crippen MR) is 78.1 cm³/mol. The van der Waals surface area contributed by atoms with Crippen LogP contribution in [0.1, 0.15) is 38.8 Å². The van der Waals surface area contributed by atoms with Gasteiger partial charge in [0, 0.05) is 4.47 Å². The fourth-order valence-electron chi connectivity index (χ4n) is 1.69. The van der Waals surface area contributed by atoms with Crippen LogP contribution in [0.4, 0.5) is 0 Å². The third-order valence-corrected chi connectivity index (χ3v) is 3.55. The maximum atomic E-state index is 11.9. The van der Waals surface area contributed by atoms with Gasteiger partial charge in [0.15, 0.2) is 0 Å². The molecule has 0 radical (unpaired) electrons. The van der Waals surface area contributed by atoms with Gasteiger partial charge in [0.05, 0.1) is 12.1 Å². The van der Waals surface area contributed by atoms with E-state index in [0.717, 1.165) is 16.5 Å². The smallest absolute Gasteiger partial charge is 0.237 e. The topological polar surface area (TPSA) is 55.1 Å². The Labute approximate surface area is 117 Å². The lowest BCUT2D eigenvalue weighted by atomic mass is 10.0. The SMILES string of the molecule is CCC(NC(=O)[C@@H](N)C(C)C)c1ccc(Br)cc1. The molecule has 0 aromatic heterocycles. The van der Waals surface area contributed by atoms with Gasteiger partial charge in [0.2, 0.25) is 5.91 Å². The number of amides is 1. The van der Waals surface area contributed by atoms with Crippen LogP contribution >= 0.6 is 15.9 Å². The number of carbonyl (C=O) groups is 1. The molecule has 3 N–H and O–H groups in total. The van der Waals surface area contributed by atoms with Crippen LogP contribution in [0.3, 0.4) is 0 Å². The van der Waals surface area contributed by atoms with Crippen LogP contribution in [0.2, 0.25) is 0 Å². The molecule has 0 fully saturated rings. The second-order valence-electron chi connectivity index (χ2n) is 4.79. The van der Waals surface area contributed by atoms with Gasteiger partial charge in [-0.05, 0) is 30.0 Å². The van der Waals surface area contributed by atoms with Crippen LogP contribution in [0.15, 0.2) is 28.7 Å². The lowest BCUT2D eigenvalue weighted by Crippen LogP contribution is -2.45. The molecule has 0 saturated heterocycles. The average molecular weight is 313 g/mol. The first kappa shape index (κ1) is 15.2. The van der Waals surface area contributed by atoms with Gasteiger partial charge in [-0.25, -0.2) is 0 Å². The first-order valence-corrected chi connectivity index (χ1v) is 7.06. The van der Waals surface area contributed by atoms with Crippen molar-refractivity contribution in [3.8, 4) is 0 Å². The second kappa shape index (κ2) is 6.90. The monoisotopic (exact) mass is 312 g/mol. The Hall–Kier alpha value is -0.870. The minimum atomic E-state index is -0.450. The molecule has 4 heteroatoms. The van der Waals surface area contributed by atoms with Crippen molar-refractivity contribution in [2.24, 2.45) is 11.7 Å². The maximum Gasteiger partial charge on any atom is 0.237 e. The van der Waals surface area contributed by atoms with Gasteiger partial charge in [-0.2, -0.15) is 0 Å². The van der Waals surface area contributed by atoms with Gasteiger partial charge < -0.3 is 11.1 Å². The molecule has 0 saturated carbocycles. The summed E-state index contributed by atoms with van der Waals surface area (Å²) in [7, 11) is 0. The van der Waals surface area contributed by atoms with Gasteiger partial charge >= 0.3 is 0 Å². The highest BCUT2D eigenvalue weighted by atomic mass is 79.9. The Morgan fingerprint density at radius 3 is 2.33 bits per heavy atom. The number of hydrogen-bond donors (Lipinski definition) is 2. The number of halogens is 1. The molecule has 0 heterocycles. The van der Waals surface area contributed by atoms with Gasteiger partial charge in [-0.1, -0.05) is 48.8 Å². The van der Waals surface area contributed by atoms with Crippen LogP contribution in [0, 0.1) is 5.92 Å². The molecule has 1 rings (SSSR count). The minimum absolute atomic E-state index is 0.0235. The van der Waals surface area contributed by atoms with Crippen molar-refractivity contribution in [2.75, 3.05) is 0 Å². The quantitative estimate of drug-likeness (QED) is 0.878. The first-order valence-electron chi connectivity index (χ1n) is 6.27. The molecule has 0 bridgehead atoms. The van der Waals surface area contributed by atoms with Crippen LogP contribution in [-0.2, 0) is 4.79 Å². The molecule has 0 aliphatic heterocycles. The number of carbonyl (C=O) groups excluding carboxylic acids is 1. The molecule has 0 aliphatic rings. The zero-order valence-electron chi connectivity index (χ0n) is 11.1. The van der Waals surface area contributed by atoms with E-state index in [4.69, 9.17) is 5.73 Å². The van der Waals surface area contributed by atoms with E-state index in [-0.39, 0.29) is 17.9 Å². The van der Waals surface area contributed by atoms with Gasteiger partial charge in [0.25, 0.3) is 0 Å². The first-order chi connectivity index (χ1) is 8.45. The van der Waals surface area contributed by atoms with Crippen molar-refractivity contribution >= 4 is 21.8 Å². The van der Waals surface area contributed by atoms with E-state index in [2.05, 4.69) is 21.2 Å². The largest absolute Gasteiger partial charge is 0.348 e. The van der Waals surface area contributed by atoms with Gasteiger partial charge in [-0.15, -0.1) is 0 Å². The summed E-state index contributed by atoms with van der Waals surface area (Å²) in [5.41, 5.74) is 6.95. The van der Waals surface area contributed by atoms with E-state index in [1.165, 1.54) is 0 Å². The summed E-state index contributed by atoms with van der Waals surface area (Å²) >= 11 is 3.40. The highest BCUT2D eigenvalue weighted by Gasteiger charge is 2.20. The van der Waals surface area contributed by atoms with Crippen molar-refractivity contribution < 1.29 is 4.79 Å². The van der Waals surface area contributed by atoms with E-state index in [0.29, 0.717) is 0 Å². The molecule has 1 aromatic carbocycles. The summed E-state index contributed by atoms with van der Waals surface area (Å²) < 4.78 is 1.03.